The standard InChI is InChI=1S/C7H3BrF2O.C4H9.Li/c8-5-2-6(9)4(3-11)1-7(5)10;1-3-4-2;/h1-3H;1,3-4H2,2H3;. The van der Waals surface area contributed by atoms with Crippen LogP contribution in [0.1, 0.15) is 30.1 Å². The third kappa shape index (κ3) is 5.79. The quantitative estimate of drug-likeness (QED) is 0.467. The van der Waals surface area contributed by atoms with Gasteiger partial charge in [0.1, 0.15) is 11.6 Å². The van der Waals surface area contributed by atoms with E-state index in [0.717, 1.165) is 12.1 Å². The molecule has 0 aliphatic rings. The number of carbonyl (C=O) groups is 1. The van der Waals surface area contributed by atoms with Crippen molar-refractivity contribution in [3.05, 3.63) is 33.8 Å². The topological polar surface area (TPSA) is 17.1 Å². The first kappa shape index (κ1) is 15.8. The summed E-state index contributed by atoms with van der Waals surface area (Å²) in [7, 11) is 0. The molecule has 1 aromatic rings. The molecule has 0 aromatic heterocycles. The molecule has 0 saturated heterocycles. The third-order valence-corrected chi connectivity index (χ3v) is 2.48. The normalized spacial score (nSPS) is 9.38. The van der Waals surface area contributed by atoms with Crippen LogP contribution < -0.4 is 0 Å². The van der Waals surface area contributed by atoms with Crippen LogP contribution in [0.4, 0.5) is 8.78 Å². The van der Waals surface area contributed by atoms with Gasteiger partial charge in [0.15, 0.2) is 6.29 Å². The third-order valence-electron chi connectivity index (χ3n) is 1.87. The van der Waals surface area contributed by atoms with Crippen LogP contribution in [0.5, 0.6) is 0 Å². The Hall–Kier alpha value is -0.173. The summed E-state index contributed by atoms with van der Waals surface area (Å²) in [6.07, 6.45) is 3.00. The SMILES string of the molecule is O=Cc1cc(F)c(Br)cc1F.[Li][CH2]CCC. The number of hydrogen-bond donors (Lipinski definition) is 0. The predicted molar refractivity (Wildman–Crippen MR) is 64.9 cm³/mol. The van der Waals surface area contributed by atoms with Crippen molar-refractivity contribution in [2.45, 2.75) is 24.9 Å². The van der Waals surface area contributed by atoms with Gasteiger partial charge in [-0.1, -0.05) is 0 Å². The average Bonchev–Trinajstić information content (AvgIpc) is 2.25. The molecule has 0 unspecified atom stereocenters. The van der Waals surface area contributed by atoms with Crippen molar-refractivity contribution < 1.29 is 13.6 Å². The van der Waals surface area contributed by atoms with Crippen molar-refractivity contribution in [2.24, 2.45) is 0 Å². The minimum atomic E-state index is -0.728. The van der Waals surface area contributed by atoms with Crippen LogP contribution in [-0.4, -0.2) is 24.0 Å². The Bertz CT molecular complexity index is 343. The second-order valence-corrected chi connectivity index (χ2v) is 4.11. The second-order valence-electron chi connectivity index (χ2n) is 3.26. The van der Waals surface area contributed by atoms with Crippen LogP contribution in [0.25, 0.3) is 0 Å². The van der Waals surface area contributed by atoms with Gasteiger partial charge >= 0.3 is 42.6 Å². The first-order chi connectivity index (χ1) is 7.56. The van der Waals surface area contributed by atoms with E-state index in [2.05, 4.69) is 40.6 Å². The van der Waals surface area contributed by atoms with Crippen LogP contribution in [0.2, 0.25) is 5.09 Å². The van der Waals surface area contributed by atoms with Gasteiger partial charge in [0.2, 0.25) is 0 Å². The zero-order chi connectivity index (χ0) is 12.6. The van der Waals surface area contributed by atoms with Crippen LogP contribution in [0.15, 0.2) is 16.6 Å². The molecule has 0 atom stereocenters. The molecule has 1 nitrogen and oxygen atoms in total. The van der Waals surface area contributed by atoms with E-state index in [1.54, 1.807) is 0 Å². The van der Waals surface area contributed by atoms with Gasteiger partial charge in [-0.05, 0) is 28.1 Å². The number of hydrogen-bond acceptors (Lipinski definition) is 1. The van der Waals surface area contributed by atoms with Crippen molar-refractivity contribution in [3.63, 3.8) is 0 Å². The monoisotopic (exact) mass is 284 g/mol. The first-order valence-corrected chi connectivity index (χ1v) is 5.95. The fraction of sp³-hybridized carbons (Fsp3) is 0.364. The Labute approximate surface area is 112 Å². The molecular weight excluding hydrogens is 273 g/mol. The maximum absolute atomic E-state index is 12.6. The fourth-order valence-electron chi connectivity index (χ4n) is 0.982. The fourth-order valence-corrected chi connectivity index (χ4v) is 1.30. The van der Waals surface area contributed by atoms with E-state index in [-0.39, 0.29) is 16.3 Å². The summed E-state index contributed by atoms with van der Waals surface area (Å²) in [6.45, 7) is 2.21. The van der Waals surface area contributed by atoms with Gasteiger partial charge in [-0.25, -0.2) is 8.78 Å². The van der Waals surface area contributed by atoms with Crippen molar-refractivity contribution in [3.8, 4) is 0 Å². The van der Waals surface area contributed by atoms with Gasteiger partial charge in [-0.3, -0.25) is 4.79 Å². The molecule has 16 heavy (non-hydrogen) atoms. The van der Waals surface area contributed by atoms with Gasteiger partial charge in [-0.2, -0.15) is 0 Å². The number of rotatable bonds is 3. The van der Waals surface area contributed by atoms with E-state index in [9.17, 15) is 13.6 Å². The van der Waals surface area contributed by atoms with Crippen molar-refractivity contribution in [1.82, 2.24) is 0 Å². The molecule has 1 rings (SSSR count). The number of unbranched alkanes of at least 4 members (excludes halogenated alkanes) is 1. The molecule has 0 spiro atoms. The van der Waals surface area contributed by atoms with Gasteiger partial charge in [0, 0.05) is 0 Å². The molecule has 0 aliphatic carbocycles. The van der Waals surface area contributed by atoms with E-state index >= 15 is 0 Å². The molecule has 0 saturated carbocycles. The Morgan fingerprint density at radius 1 is 1.38 bits per heavy atom. The molecule has 0 heterocycles. The number of benzene rings is 1. The molecule has 84 valence electrons. The Balaban J connectivity index is 0.000000385. The summed E-state index contributed by atoms with van der Waals surface area (Å²) >= 11 is 4.99. The van der Waals surface area contributed by atoms with Gasteiger partial charge in [0.05, 0.1) is 10.0 Å². The molecule has 0 fully saturated rings. The first-order valence-electron chi connectivity index (χ1n) is 5.16. The molecule has 1 aromatic carbocycles. The van der Waals surface area contributed by atoms with E-state index < -0.39 is 11.6 Å². The summed E-state index contributed by atoms with van der Waals surface area (Å²) in [5.41, 5.74) is -0.272. The van der Waals surface area contributed by atoms with Gasteiger partial charge in [-0.15, -0.1) is 0 Å². The van der Waals surface area contributed by atoms with E-state index in [1.807, 2.05) is 0 Å². The maximum atomic E-state index is 12.6. The van der Waals surface area contributed by atoms with Crippen molar-refractivity contribution in [2.75, 3.05) is 0 Å². The Kier molecular flexibility index (Phi) is 8.82. The summed E-state index contributed by atoms with van der Waals surface area (Å²) in [6, 6.07) is 1.76. The minimum absolute atomic E-state index is 0.0144. The number of halogens is 3. The molecule has 0 radical (unpaired) electrons. The summed E-state index contributed by atoms with van der Waals surface area (Å²) < 4.78 is 25.2. The Morgan fingerprint density at radius 2 is 2.00 bits per heavy atom. The van der Waals surface area contributed by atoms with Crippen molar-refractivity contribution >= 4 is 39.9 Å². The second kappa shape index (κ2) is 8.92. The zero-order valence-corrected chi connectivity index (χ0v) is 11.0. The summed E-state index contributed by atoms with van der Waals surface area (Å²) in [5.74, 6) is -1.37. The summed E-state index contributed by atoms with van der Waals surface area (Å²) in [4.78, 5) is 10.1. The van der Waals surface area contributed by atoms with Crippen LogP contribution in [0.3, 0.4) is 0 Å². The van der Waals surface area contributed by atoms with Gasteiger partial charge in [0.25, 0.3) is 0 Å². The van der Waals surface area contributed by atoms with Crippen LogP contribution in [0, 0.1) is 11.6 Å². The van der Waals surface area contributed by atoms with E-state index in [1.165, 1.54) is 17.9 Å². The molecule has 5 heteroatoms. The molecule has 0 aliphatic heterocycles. The molecule has 0 bridgehead atoms. The average molecular weight is 285 g/mol. The number of aldehydes is 1. The van der Waals surface area contributed by atoms with E-state index in [0.29, 0.717) is 0 Å². The van der Waals surface area contributed by atoms with Gasteiger partial charge < -0.3 is 0 Å². The van der Waals surface area contributed by atoms with Crippen LogP contribution >= 0.6 is 15.9 Å². The zero-order valence-electron chi connectivity index (χ0n) is 9.40. The predicted octanol–water partition coefficient (Wildman–Crippen LogP) is 3.91. The molecule has 0 amide bonds. The van der Waals surface area contributed by atoms with E-state index in [4.69, 9.17) is 0 Å². The number of carbonyl (C=O) groups excluding carboxylic acids is 1. The molecular formula is C11H12BrF2LiO. The Morgan fingerprint density at radius 3 is 2.38 bits per heavy atom. The molecule has 0 N–H and O–H groups in total. The van der Waals surface area contributed by atoms with Crippen molar-refractivity contribution in [1.29, 1.82) is 0 Å². The van der Waals surface area contributed by atoms with Crippen LogP contribution in [-0.2, 0) is 0 Å². The summed E-state index contributed by atoms with van der Waals surface area (Å²) in [5, 5.41) is 1.34.